The monoisotopic (exact) mass is 230 g/mol. The van der Waals surface area contributed by atoms with E-state index in [1.807, 2.05) is 24.3 Å². The summed E-state index contributed by atoms with van der Waals surface area (Å²) in [5.74, 6) is 1.84. The van der Waals surface area contributed by atoms with Crippen molar-refractivity contribution in [1.82, 2.24) is 0 Å². The number of ether oxygens (including phenoxy) is 2. The fourth-order valence-corrected chi connectivity index (χ4v) is 2.14. The highest BCUT2D eigenvalue weighted by Gasteiger charge is 2.30. The van der Waals surface area contributed by atoms with Gasteiger partial charge in [0.15, 0.2) is 0 Å². The molecule has 0 N–H and O–H groups in total. The summed E-state index contributed by atoms with van der Waals surface area (Å²) in [7, 11) is 1.70. The Bertz CT molecular complexity index is 448. The van der Waals surface area contributed by atoms with Crippen molar-refractivity contribution in [3.05, 3.63) is 48.6 Å². The van der Waals surface area contributed by atoms with Gasteiger partial charge < -0.3 is 9.47 Å². The molecule has 0 fully saturated rings. The quantitative estimate of drug-likeness (QED) is 0.740. The fourth-order valence-electron chi connectivity index (χ4n) is 2.14. The molecule has 1 aliphatic heterocycles. The van der Waals surface area contributed by atoms with Crippen LogP contribution in [0.4, 0.5) is 0 Å². The molecule has 0 amide bonds. The average molecular weight is 230 g/mol. The molecule has 2 rings (SSSR count). The zero-order valence-corrected chi connectivity index (χ0v) is 10.4. The lowest BCUT2D eigenvalue weighted by atomic mass is 9.91. The van der Waals surface area contributed by atoms with Crippen LogP contribution in [0.2, 0.25) is 0 Å². The van der Waals surface area contributed by atoms with Gasteiger partial charge in [0.2, 0.25) is 0 Å². The lowest BCUT2D eigenvalue weighted by Crippen LogP contribution is -2.34. The van der Waals surface area contributed by atoms with Gasteiger partial charge in [0, 0.05) is 5.56 Å². The molecule has 0 spiro atoms. The van der Waals surface area contributed by atoms with Crippen LogP contribution in [0.25, 0.3) is 0 Å². The van der Waals surface area contributed by atoms with E-state index in [4.69, 9.17) is 9.47 Å². The molecule has 1 aromatic carbocycles. The maximum Gasteiger partial charge on any atom is 0.127 e. The van der Waals surface area contributed by atoms with Crippen molar-refractivity contribution in [3.8, 4) is 11.5 Å². The van der Waals surface area contributed by atoms with Crippen LogP contribution >= 0.6 is 0 Å². The Morgan fingerprint density at radius 3 is 3.00 bits per heavy atom. The number of methoxy groups -OCH3 is 1. The Hall–Kier alpha value is -1.70. The summed E-state index contributed by atoms with van der Waals surface area (Å²) in [4.78, 5) is 0. The summed E-state index contributed by atoms with van der Waals surface area (Å²) < 4.78 is 11.4. The molecule has 0 unspecified atom stereocenters. The largest absolute Gasteiger partial charge is 0.496 e. The molecule has 90 valence electrons. The number of fused-ring (bicyclic) bond motifs is 1. The smallest absolute Gasteiger partial charge is 0.127 e. The molecule has 1 aromatic rings. The Labute approximate surface area is 103 Å². The summed E-state index contributed by atoms with van der Waals surface area (Å²) in [6.45, 7) is 5.78. The summed E-state index contributed by atoms with van der Waals surface area (Å²) in [6.07, 6.45) is 7.69. The van der Waals surface area contributed by atoms with E-state index in [0.717, 1.165) is 24.3 Å². The molecule has 0 aromatic heterocycles. The van der Waals surface area contributed by atoms with Crippen LogP contribution in [0.3, 0.4) is 0 Å². The third kappa shape index (κ3) is 2.36. The normalized spacial score (nSPS) is 22.9. The minimum absolute atomic E-state index is 0.243. The number of hydrogen-bond acceptors (Lipinski definition) is 2. The molecular weight excluding hydrogens is 212 g/mol. The van der Waals surface area contributed by atoms with Crippen molar-refractivity contribution in [3.63, 3.8) is 0 Å². The van der Waals surface area contributed by atoms with Gasteiger partial charge in [-0.1, -0.05) is 24.8 Å². The van der Waals surface area contributed by atoms with Crippen molar-refractivity contribution in [2.24, 2.45) is 0 Å². The third-order valence-electron chi connectivity index (χ3n) is 3.11. The highest BCUT2D eigenvalue weighted by atomic mass is 16.5. The van der Waals surface area contributed by atoms with Crippen molar-refractivity contribution in [2.75, 3.05) is 7.11 Å². The van der Waals surface area contributed by atoms with E-state index in [1.54, 1.807) is 13.2 Å². The predicted octanol–water partition coefficient (Wildman–Crippen LogP) is 3.52. The summed E-state index contributed by atoms with van der Waals surface area (Å²) in [5.41, 5.74) is 0.924. The van der Waals surface area contributed by atoms with Crippen molar-refractivity contribution in [1.29, 1.82) is 0 Å². The molecular formula is C15H18O2. The van der Waals surface area contributed by atoms with Crippen LogP contribution in [0, 0.1) is 0 Å². The Kier molecular flexibility index (Phi) is 3.23. The zero-order chi connectivity index (χ0) is 12.3. The van der Waals surface area contributed by atoms with Gasteiger partial charge in [-0.25, -0.2) is 0 Å². The lowest BCUT2D eigenvalue weighted by molar-refractivity contribution is 0.113. The molecule has 2 nitrogen and oxygen atoms in total. The molecule has 1 aliphatic rings. The van der Waals surface area contributed by atoms with Crippen molar-refractivity contribution >= 4 is 0 Å². The molecule has 1 heterocycles. The number of benzene rings is 1. The summed E-state index contributed by atoms with van der Waals surface area (Å²) in [5, 5.41) is 0. The Balaban J connectivity index is 2.30. The molecule has 0 bridgehead atoms. The Morgan fingerprint density at radius 1 is 1.47 bits per heavy atom. The molecule has 2 heteroatoms. The lowest BCUT2D eigenvalue weighted by Gasteiger charge is -2.34. The minimum Gasteiger partial charge on any atom is -0.496 e. The van der Waals surface area contributed by atoms with Crippen LogP contribution in [0.5, 0.6) is 11.5 Å². The first-order chi connectivity index (χ1) is 8.18. The van der Waals surface area contributed by atoms with Crippen LogP contribution in [-0.4, -0.2) is 12.7 Å². The van der Waals surface area contributed by atoms with Gasteiger partial charge in [0.25, 0.3) is 0 Å². The van der Waals surface area contributed by atoms with E-state index in [9.17, 15) is 0 Å². The summed E-state index contributed by atoms with van der Waals surface area (Å²) >= 11 is 0. The van der Waals surface area contributed by atoms with E-state index in [-0.39, 0.29) is 5.60 Å². The highest BCUT2D eigenvalue weighted by Crippen LogP contribution is 2.38. The van der Waals surface area contributed by atoms with Gasteiger partial charge in [0.05, 0.1) is 7.11 Å². The molecule has 17 heavy (non-hydrogen) atoms. The molecule has 0 saturated heterocycles. The van der Waals surface area contributed by atoms with E-state index in [1.165, 1.54) is 5.56 Å². The van der Waals surface area contributed by atoms with Gasteiger partial charge >= 0.3 is 0 Å². The predicted molar refractivity (Wildman–Crippen MR) is 69.7 cm³/mol. The van der Waals surface area contributed by atoms with E-state index in [0.29, 0.717) is 0 Å². The van der Waals surface area contributed by atoms with Gasteiger partial charge in [-0.2, -0.15) is 0 Å². The third-order valence-corrected chi connectivity index (χ3v) is 3.11. The second kappa shape index (κ2) is 4.66. The van der Waals surface area contributed by atoms with E-state index in [2.05, 4.69) is 19.6 Å². The van der Waals surface area contributed by atoms with Crippen LogP contribution in [0.15, 0.2) is 43.0 Å². The van der Waals surface area contributed by atoms with Crippen molar-refractivity contribution < 1.29 is 9.47 Å². The maximum atomic E-state index is 6.05. The number of hydrogen-bond donors (Lipinski definition) is 0. The molecule has 0 radical (unpaired) electrons. The SMILES string of the molecule is C=C/C=C/[C@]1(C)CCc2c(OC)cccc2O1. The highest BCUT2D eigenvalue weighted by molar-refractivity contribution is 5.47. The second-order valence-electron chi connectivity index (χ2n) is 4.45. The van der Waals surface area contributed by atoms with Crippen molar-refractivity contribution in [2.45, 2.75) is 25.4 Å². The summed E-state index contributed by atoms with van der Waals surface area (Å²) in [6, 6.07) is 5.93. The van der Waals surface area contributed by atoms with E-state index >= 15 is 0 Å². The standard InChI is InChI=1S/C15H18O2/c1-4-5-10-15(2)11-9-12-13(16-3)7-6-8-14(12)17-15/h4-8,10H,1,9,11H2,2-3H3/b10-5+/t15-/m1/s1. The van der Waals surface area contributed by atoms with Gasteiger partial charge in [-0.05, 0) is 38.0 Å². The number of rotatable bonds is 3. The van der Waals surface area contributed by atoms with Gasteiger partial charge in [-0.3, -0.25) is 0 Å². The molecule has 0 saturated carbocycles. The molecule has 1 atom stereocenters. The zero-order valence-electron chi connectivity index (χ0n) is 10.4. The maximum absolute atomic E-state index is 6.05. The van der Waals surface area contributed by atoms with Gasteiger partial charge in [0.1, 0.15) is 17.1 Å². The second-order valence-corrected chi connectivity index (χ2v) is 4.45. The van der Waals surface area contributed by atoms with Crippen LogP contribution < -0.4 is 9.47 Å². The minimum atomic E-state index is -0.243. The van der Waals surface area contributed by atoms with Gasteiger partial charge in [-0.15, -0.1) is 0 Å². The average Bonchev–Trinajstić information content (AvgIpc) is 2.35. The van der Waals surface area contributed by atoms with Crippen LogP contribution in [-0.2, 0) is 6.42 Å². The first kappa shape index (κ1) is 11.8. The van der Waals surface area contributed by atoms with Crippen LogP contribution in [0.1, 0.15) is 18.9 Å². The first-order valence-electron chi connectivity index (χ1n) is 5.84. The number of allylic oxidation sites excluding steroid dienone is 2. The van der Waals surface area contributed by atoms with E-state index < -0.39 is 0 Å². The first-order valence-corrected chi connectivity index (χ1v) is 5.84. The molecule has 0 aliphatic carbocycles. The Morgan fingerprint density at radius 2 is 2.29 bits per heavy atom. The fraction of sp³-hybridized carbons (Fsp3) is 0.333. The topological polar surface area (TPSA) is 18.5 Å².